The Morgan fingerprint density at radius 2 is 2.00 bits per heavy atom. The number of nitrogens with two attached hydrogens (primary N) is 1. The molecule has 7 heteroatoms. The van der Waals surface area contributed by atoms with Gasteiger partial charge in [0.2, 0.25) is 0 Å². The minimum absolute atomic E-state index is 0.167. The van der Waals surface area contributed by atoms with Gasteiger partial charge in [-0.15, -0.1) is 11.3 Å². The topological polar surface area (TPSA) is 86.6 Å². The van der Waals surface area contributed by atoms with Gasteiger partial charge < -0.3 is 5.73 Å². The summed E-state index contributed by atoms with van der Waals surface area (Å²) < 4.78 is 0. The number of aryl methyl sites for hydroxylation is 1. The van der Waals surface area contributed by atoms with Gasteiger partial charge in [-0.05, 0) is 24.5 Å². The lowest BCUT2D eigenvalue weighted by Crippen LogP contribution is -2.05. The fraction of sp³-hybridized carbons (Fsp3) is 0.214. The van der Waals surface area contributed by atoms with Gasteiger partial charge >= 0.3 is 0 Å². The Morgan fingerprint density at radius 3 is 2.62 bits per heavy atom. The van der Waals surface area contributed by atoms with Crippen molar-refractivity contribution in [2.75, 3.05) is 5.75 Å². The van der Waals surface area contributed by atoms with Gasteiger partial charge in [-0.25, -0.2) is 4.98 Å². The third-order valence-corrected chi connectivity index (χ3v) is 5.18. The number of thiazole rings is 1. The molecular formula is C14H16N4S3. The van der Waals surface area contributed by atoms with Crippen LogP contribution in [0, 0.1) is 10.8 Å². The Labute approximate surface area is 136 Å². The van der Waals surface area contributed by atoms with E-state index in [0.717, 1.165) is 27.6 Å². The first-order chi connectivity index (χ1) is 10.1. The van der Waals surface area contributed by atoms with Crippen molar-refractivity contribution >= 4 is 45.1 Å². The zero-order valence-electron chi connectivity index (χ0n) is 11.6. The van der Waals surface area contributed by atoms with Crippen molar-refractivity contribution in [2.45, 2.75) is 18.4 Å². The number of nitrogens with one attached hydrogen (secondary N) is 2. The van der Waals surface area contributed by atoms with E-state index in [1.54, 1.807) is 18.3 Å². The molecule has 110 valence electrons. The summed E-state index contributed by atoms with van der Waals surface area (Å²) in [7, 11) is 0. The second-order valence-corrected chi connectivity index (χ2v) is 7.50. The number of rotatable bonds is 5. The van der Waals surface area contributed by atoms with Gasteiger partial charge in [0, 0.05) is 5.75 Å². The number of thioether (sulfide) groups is 2. The predicted molar refractivity (Wildman–Crippen MR) is 94.9 cm³/mol. The lowest BCUT2D eigenvalue weighted by atomic mass is 10.1. The zero-order chi connectivity index (χ0) is 15.2. The van der Waals surface area contributed by atoms with Crippen LogP contribution in [0.5, 0.6) is 0 Å². The maximum atomic E-state index is 7.57. The van der Waals surface area contributed by atoms with E-state index < -0.39 is 0 Å². The van der Waals surface area contributed by atoms with Crippen molar-refractivity contribution in [3.8, 4) is 10.4 Å². The average molecular weight is 337 g/mol. The lowest BCUT2D eigenvalue weighted by Gasteiger charge is -2.04. The predicted octanol–water partition coefficient (Wildman–Crippen LogP) is 4.07. The van der Waals surface area contributed by atoms with Crippen LogP contribution >= 0.6 is 34.9 Å². The number of hydrogen-bond donors (Lipinski definition) is 3. The molecule has 4 N–H and O–H groups in total. The van der Waals surface area contributed by atoms with E-state index in [9.17, 15) is 0 Å². The maximum absolute atomic E-state index is 7.57. The monoisotopic (exact) mass is 336 g/mol. The summed E-state index contributed by atoms with van der Waals surface area (Å²) in [5.74, 6) is 0.823. The Kier molecular flexibility index (Phi) is 5.84. The summed E-state index contributed by atoms with van der Waals surface area (Å²) in [5, 5.41) is 16.4. The van der Waals surface area contributed by atoms with E-state index in [1.807, 2.05) is 5.51 Å². The van der Waals surface area contributed by atoms with Crippen LogP contribution in [0.4, 0.5) is 0 Å². The van der Waals surface area contributed by atoms with E-state index in [4.69, 9.17) is 16.6 Å². The molecule has 0 spiro atoms. The standard InChI is InChI=1S/C14H16N4S3/c1-9(15)21-13-12(20-8-18-13)11-4-2-10(3-5-11)6-7-19-14(16)17/h2-5,8,15H,6-7H2,1H3,(H3,16,17). The summed E-state index contributed by atoms with van der Waals surface area (Å²) >= 11 is 4.35. The Hall–Kier alpha value is -1.31. The summed E-state index contributed by atoms with van der Waals surface area (Å²) in [6.07, 6.45) is 0.897. The number of benzene rings is 1. The molecule has 2 aromatic rings. The first-order valence-electron chi connectivity index (χ1n) is 6.29. The molecule has 0 aliphatic carbocycles. The number of aromatic nitrogens is 1. The summed E-state index contributed by atoms with van der Waals surface area (Å²) in [5.41, 5.74) is 9.50. The molecule has 0 aliphatic heterocycles. The third kappa shape index (κ3) is 4.87. The zero-order valence-corrected chi connectivity index (χ0v) is 14.0. The molecule has 0 saturated carbocycles. The van der Waals surface area contributed by atoms with Gasteiger partial charge in [-0.3, -0.25) is 10.8 Å². The van der Waals surface area contributed by atoms with Gasteiger partial charge in [0.25, 0.3) is 0 Å². The molecule has 0 bridgehead atoms. The molecule has 0 saturated heterocycles. The van der Waals surface area contributed by atoms with Crippen molar-refractivity contribution in [1.29, 1.82) is 10.8 Å². The van der Waals surface area contributed by atoms with E-state index >= 15 is 0 Å². The fourth-order valence-electron chi connectivity index (χ4n) is 1.75. The Morgan fingerprint density at radius 1 is 1.29 bits per heavy atom. The van der Waals surface area contributed by atoms with Gasteiger partial charge in [-0.2, -0.15) is 0 Å². The van der Waals surface area contributed by atoms with Crippen LogP contribution in [0.1, 0.15) is 12.5 Å². The molecular weight excluding hydrogens is 320 g/mol. The van der Waals surface area contributed by atoms with E-state index in [0.29, 0.717) is 5.04 Å². The normalized spacial score (nSPS) is 10.5. The maximum Gasteiger partial charge on any atom is 0.151 e. The Balaban J connectivity index is 2.07. The van der Waals surface area contributed by atoms with Crippen LogP contribution in [0.15, 0.2) is 34.8 Å². The van der Waals surface area contributed by atoms with E-state index in [2.05, 4.69) is 29.2 Å². The quantitative estimate of drug-likeness (QED) is 0.436. The molecule has 1 aromatic heterocycles. The van der Waals surface area contributed by atoms with Crippen LogP contribution in [-0.4, -0.2) is 20.9 Å². The first kappa shape index (κ1) is 16.1. The van der Waals surface area contributed by atoms with Gasteiger partial charge in [0.05, 0.1) is 15.4 Å². The minimum atomic E-state index is 0.167. The van der Waals surface area contributed by atoms with Crippen molar-refractivity contribution in [3.63, 3.8) is 0 Å². The Bertz CT molecular complexity index is 634. The fourth-order valence-corrected chi connectivity index (χ4v) is 3.94. The number of nitrogens with zero attached hydrogens (tertiary/aromatic N) is 1. The number of amidine groups is 1. The molecule has 0 amide bonds. The van der Waals surface area contributed by atoms with Crippen LogP contribution in [0.25, 0.3) is 10.4 Å². The lowest BCUT2D eigenvalue weighted by molar-refractivity contribution is 1.16. The molecule has 2 rings (SSSR count). The third-order valence-electron chi connectivity index (χ3n) is 2.65. The average Bonchev–Trinajstić information content (AvgIpc) is 2.86. The van der Waals surface area contributed by atoms with Crippen LogP contribution in [0.2, 0.25) is 0 Å². The molecule has 4 nitrogen and oxygen atoms in total. The second-order valence-electron chi connectivity index (χ2n) is 4.30. The van der Waals surface area contributed by atoms with Gasteiger partial charge in [0.1, 0.15) is 5.03 Å². The molecule has 1 aromatic carbocycles. The van der Waals surface area contributed by atoms with E-state index in [1.165, 1.54) is 29.1 Å². The molecule has 0 fully saturated rings. The molecule has 0 radical (unpaired) electrons. The summed E-state index contributed by atoms with van der Waals surface area (Å²) in [6, 6.07) is 8.37. The minimum Gasteiger partial charge on any atom is -0.379 e. The van der Waals surface area contributed by atoms with Crippen molar-refractivity contribution in [2.24, 2.45) is 5.73 Å². The highest BCUT2D eigenvalue weighted by molar-refractivity contribution is 8.14. The van der Waals surface area contributed by atoms with Crippen LogP contribution < -0.4 is 5.73 Å². The molecule has 0 unspecified atom stereocenters. The molecule has 1 heterocycles. The van der Waals surface area contributed by atoms with Crippen molar-refractivity contribution < 1.29 is 0 Å². The largest absolute Gasteiger partial charge is 0.379 e. The highest BCUT2D eigenvalue weighted by Crippen LogP contribution is 2.34. The molecule has 21 heavy (non-hydrogen) atoms. The molecule has 0 aliphatic rings. The smallest absolute Gasteiger partial charge is 0.151 e. The SMILES string of the molecule is CC(=N)Sc1ncsc1-c1ccc(CCSC(=N)N)cc1. The van der Waals surface area contributed by atoms with Crippen LogP contribution in [0.3, 0.4) is 0 Å². The van der Waals surface area contributed by atoms with Gasteiger partial charge in [0.15, 0.2) is 5.17 Å². The summed E-state index contributed by atoms with van der Waals surface area (Å²) in [4.78, 5) is 5.43. The van der Waals surface area contributed by atoms with Crippen molar-refractivity contribution in [1.82, 2.24) is 4.98 Å². The number of hydrogen-bond acceptors (Lipinski definition) is 6. The summed E-state index contributed by atoms with van der Waals surface area (Å²) in [6.45, 7) is 1.77. The second kappa shape index (κ2) is 7.63. The highest BCUT2D eigenvalue weighted by Gasteiger charge is 2.10. The van der Waals surface area contributed by atoms with Crippen LogP contribution in [-0.2, 0) is 6.42 Å². The first-order valence-corrected chi connectivity index (χ1v) is 8.97. The van der Waals surface area contributed by atoms with Gasteiger partial charge in [-0.1, -0.05) is 47.8 Å². The van der Waals surface area contributed by atoms with E-state index in [-0.39, 0.29) is 5.17 Å². The highest BCUT2D eigenvalue weighted by atomic mass is 32.2. The molecule has 0 atom stereocenters. The van der Waals surface area contributed by atoms with Crippen molar-refractivity contribution in [3.05, 3.63) is 35.3 Å².